The van der Waals surface area contributed by atoms with Crippen LogP contribution in [0.15, 0.2) is 42.6 Å². The molecule has 23 heavy (non-hydrogen) atoms. The monoisotopic (exact) mass is 313 g/mol. The molecule has 6 nitrogen and oxygen atoms in total. The zero-order chi connectivity index (χ0) is 16.1. The number of carbonyl (C=O) groups is 1. The second-order valence-corrected chi connectivity index (χ2v) is 5.16. The zero-order valence-corrected chi connectivity index (χ0v) is 13.0. The van der Waals surface area contributed by atoms with E-state index in [1.54, 1.807) is 31.5 Å². The molecule has 120 valence electrons. The number of nitrogens with zero attached hydrogens (tertiary/aromatic N) is 2. The van der Waals surface area contributed by atoms with Gasteiger partial charge in [-0.05, 0) is 24.3 Å². The van der Waals surface area contributed by atoms with Crippen LogP contribution in [0, 0.1) is 0 Å². The Morgan fingerprint density at radius 1 is 1.22 bits per heavy atom. The number of carbonyl (C=O) groups excluding carboxylic acids is 1. The zero-order valence-electron chi connectivity index (χ0n) is 13.0. The molecule has 1 aliphatic heterocycles. The van der Waals surface area contributed by atoms with Crippen LogP contribution < -0.4 is 15.0 Å². The van der Waals surface area contributed by atoms with Gasteiger partial charge in [0.25, 0.3) is 5.91 Å². The molecule has 0 aliphatic carbocycles. The number of pyridine rings is 1. The standard InChI is InChI=1S/C17H19N3O3/c1-22-16-5-3-2-4-14(16)19-17(21)15-7-6-13(12-18-15)20-8-10-23-11-9-20/h2-7,12H,8-11H2,1H3,(H,19,21). The lowest BCUT2D eigenvalue weighted by Gasteiger charge is -2.28. The molecule has 1 aliphatic rings. The molecule has 1 amide bonds. The quantitative estimate of drug-likeness (QED) is 0.937. The second kappa shape index (κ2) is 7.11. The van der Waals surface area contributed by atoms with Crippen LogP contribution in [0.25, 0.3) is 0 Å². The van der Waals surface area contributed by atoms with Gasteiger partial charge < -0.3 is 19.7 Å². The van der Waals surface area contributed by atoms with Gasteiger partial charge in [-0.3, -0.25) is 4.79 Å². The normalized spacial score (nSPS) is 14.4. The lowest BCUT2D eigenvalue weighted by molar-refractivity contribution is 0.102. The van der Waals surface area contributed by atoms with E-state index in [9.17, 15) is 4.79 Å². The van der Waals surface area contributed by atoms with E-state index < -0.39 is 0 Å². The van der Waals surface area contributed by atoms with Gasteiger partial charge in [-0.15, -0.1) is 0 Å². The molecule has 0 spiro atoms. The maximum Gasteiger partial charge on any atom is 0.274 e. The van der Waals surface area contributed by atoms with Crippen molar-refractivity contribution in [3.63, 3.8) is 0 Å². The third-order valence-corrected chi connectivity index (χ3v) is 3.71. The van der Waals surface area contributed by atoms with Crippen LogP contribution in [0.2, 0.25) is 0 Å². The van der Waals surface area contributed by atoms with Gasteiger partial charge in [0.15, 0.2) is 0 Å². The Labute approximate surface area is 135 Å². The van der Waals surface area contributed by atoms with Gasteiger partial charge >= 0.3 is 0 Å². The summed E-state index contributed by atoms with van der Waals surface area (Å²) < 4.78 is 10.6. The van der Waals surface area contributed by atoms with Crippen LogP contribution >= 0.6 is 0 Å². The summed E-state index contributed by atoms with van der Waals surface area (Å²) in [6.45, 7) is 3.12. The molecule has 0 unspecified atom stereocenters. The van der Waals surface area contributed by atoms with E-state index in [1.165, 1.54) is 0 Å². The number of benzene rings is 1. The van der Waals surface area contributed by atoms with Gasteiger partial charge in [0.1, 0.15) is 11.4 Å². The summed E-state index contributed by atoms with van der Waals surface area (Å²) in [7, 11) is 1.57. The minimum atomic E-state index is -0.261. The second-order valence-electron chi connectivity index (χ2n) is 5.16. The molecule has 2 heterocycles. The molecule has 1 aromatic heterocycles. The van der Waals surface area contributed by atoms with Crippen molar-refractivity contribution in [1.82, 2.24) is 4.98 Å². The van der Waals surface area contributed by atoms with E-state index in [0.717, 1.165) is 32.0 Å². The molecule has 1 aromatic carbocycles. The van der Waals surface area contributed by atoms with Crippen molar-refractivity contribution < 1.29 is 14.3 Å². The maximum absolute atomic E-state index is 12.3. The number of para-hydroxylation sites is 2. The highest BCUT2D eigenvalue weighted by molar-refractivity contribution is 6.03. The van der Waals surface area contributed by atoms with Crippen molar-refractivity contribution in [2.24, 2.45) is 0 Å². The molecule has 3 rings (SSSR count). The summed E-state index contributed by atoms with van der Waals surface area (Å²) in [6.07, 6.45) is 1.72. The highest BCUT2D eigenvalue weighted by Gasteiger charge is 2.14. The summed E-state index contributed by atoms with van der Waals surface area (Å²) in [5.74, 6) is 0.355. The first kappa shape index (κ1) is 15.3. The van der Waals surface area contributed by atoms with Gasteiger partial charge in [-0.1, -0.05) is 12.1 Å². The number of amides is 1. The number of rotatable bonds is 4. The first-order valence-corrected chi connectivity index (χ1v) is 7.51. The van der Waals surface area contributed by atoms with Gasteiger partial charge in [0, 0.05) is 13.1 Å². The minimum Gasteiger partial charge on any atom is -0.495 e. The average Bonchev–Trinajstić information content (AvgIpc) is 2.63. The molecule has 0 radical (unpaired) electrons. The Morgan fingerprint density at radius 2 is 2.00 bits per heavy atom. The Morgan fingerprint density at radius 3 is 2.70 bits per heavy atom. The SMILES string of the molecule is COc1ccccc1NC(=O)c1ccc(N2CCOCC2)cn1. The minimum absolute atomic E-state index is 0.261. The van der Waals surface area contributed by atoms with Gasteiger partial charge in [-0.25, -0.2) is 4.98 Å². The maximum atomic E-state index is 12.3. The summed E-state index contributed by atoms with van der Waals surface area (Å²) in [4.78, 5) is 18.8. The highest BCUT2D eigenvalue weighted by Crippen LogP contribution is 2.23. The molecular weight excluding hydrogens is 294 g/mol. The van der Waals surface area contributed by atoms with Crippen molar-refractivity contribution in [1.29, 1.82) is 0 Å². The molecule has 1 N–H and O–H groups in total. The van der Waals surface area contributed by atoms with Crippen molar-refractivity contribution >= 4 is 17.3 Å². The van der Waals surface area contributed by atoms with Crippen molar-refractivity contribution in [2.45, 2.75) is 0 Å². The van der Waals surface area contributed by atoms with Crippen LogP contribution in [0.3, 0.4) is 0 Å². The van der Waals surface area contributed by atoms with Crippen molar-refractivity contribution in [3.8, 4) is 5.75 Å². The number of ether oxygens (including phenoxy) is 2. The van der Waals surface area contributed by atoms with E-state index in [1.807, 2.05) is 18.2 Å². The van der Waals surface area contributed by atoms with E-state index in [4.69, 9.17) is 9.47 Å². The van der Waals surface area contributed by atoms with Crippen molar-refractivity contribution in [3.05, 3.63) is 48.3 Å². The van der Waals surface area contributed by atoms with E-state index in [-0.39, 0.29) is 5.91 Å². The Kier molecular flexibility index (Phi) is 4.73. The molecule has 0 atom stereocenters. The number of morpholine rings is 1. The fraction of sp³-hybridized carbons (Fsp3) is 0.294. The predicted molar refractivity (Wildman–Crippen MR) is 88.2 cm³/mol. The summed E-state index contributed by atoms with van der Waals surface area (Å²) in [5.41, 5.74) is 1.99. The molecule has 1 saturated heterocycles. The molecular formula is C17H19N3O3. The van der Waals surface area contributed by atoms with E-state index >= 15 is 0 Å². The molecule has 0 bridgehead atoms. The van der Waals surface area contributed by atoms with Gasteiger partial charge in [0.2, 0.25) is 0 Å². The van der Waals surface area contributed by atoms with E-state index in [2.05, 4.69) is 15.2 Å². The number of aromatic nitrogens is 1. The first-order chi connectivity index (χ1) is 11.3. The third-order valence-electron chi connectivity index (χ3n) is 3.71. The van der Waals surface area contributed by atoms with Crippen LogP contribution in [-0.4, -0.2) is 44.3 Å². The number of anilines is 2. The van der Waals surface area contributed by atoms with Crippen LogP contribution in [0.5, 0.6) is 5.75 Å². The largest absolute Gasteiger partial charge is 0.495 e. The average molecular weight is 313 g/mol. The fourth-order valence-electron chi connectivity index (χ4n) is 2.46. The molecule has 6 heteroatoms. The smallest absolute Gasteiger partial charge is 0.274 e. The lowest BCUT2D eigenvalue weighted by atomic mass is 10.2. The number of methoxy groups -OCH3 is 1. The fourth-order valence-corrected chi connectivity index (χ4v) is 2.46. The Bertz CT molecular complexity index is 667. The summed E-state index contributed by atoms with van der Waals surface area (Å²) >= 11 is 0. The Hall–Kier alpha value is -2.60. The first-order valence-electron chi connectivity index (χ1n) is 7.51. The number of hydrogen-bond donors (Lipinski definition) is 1. The van der Waals surface area contributed by atoms with Crippen molar-refractivity contribution in [2.75, 3.05) is 43.6 Å². The number of nitrogens with one attached hydrogen (secondary N) is 1. The van der Waals surface area contributed by atoms with E-state index in [0.29, 0.717) is 17.1 Å². The third kappa shape index (κ3) is 3.60. The molecule has 2 aromatic rings. The lowest BCUT2D eigenvalue weighted by Crippen LogP contribution is -2.36. The van der Waals surface area contributed by atoms with Crippen LogP contribution in [0.1, 0.15) is 10.5 Å². The molecule has 1 fully saturated rings. The topological polar surface area (TPSA) is 63.7 Å². The molecule has 0 saturated carbocycles. The van der Waals surface area contributed by atoms with Gasteiger partial charge in [-0.2, -0.15) is 0 Å². The van der Waals surface area contributed by atoms with Crippen LogP contribution in [0.4, 0.5) is 11.4 Å². The van der Waals surface area contributed by atoms with Gasteiger partial charge in [0.05, 0.1) is 37.9 Å². The summed E-state index contributed by atoms with van der Waals surface area (Å²) in [5, 5.41) is 2.82. The number of hydrogen-bond acceptors (Lipinski definition) is 5. The highest BCUT2D eigenvalue weighted by atomic mass is 16.5. The Balaban J connectivity index is 1.70. The van der Waals surface area contributed by atoms with Crippen LogP contribution in [-0.2, 0) is 4.74 Å². The summed E-state index contributed by atoms with van der Waals surface area (Å²) in [6, 6.07) is 10.9. The predicted octanol–water partition coefficient (Wildman–Crippen LogP) is 2.18.